The second-order valence-electron chi connectivity index (χ2n) is 3.13. The SMILES string of the molecule is CC(CS(=O)(=O)F)c1ccccc1F. The molecule has 14 heavy (non-hydrogen) atoms. The molecular weight excluding hydrogens is 210 g/mol. The van der Waals surface area contributed by atoms with Crippen LogP contribution in [0.5, 0.6) is 0 Å². The van der Waals surface area contributed by atoms with E-state index in [1.807, 2.05) is 0 Å². The van der Waals surface area contributed by atoms with Crippen molar-refractivity contribution in [3.63, 3.8) is 0 Å². The van der Waals surface area contributed by atoms with Crippen LogP contribution in [-0.2, 0) is 10.2 Å². The van der Waals surface area contributed by atoms with Crippen molar-refractivity contribution in [3.05, 3.63) is 35.6 Å². The molecule has 0 bridgehead atoms. The Hall–Kier alpha value is -0.970. The van der Waals surface area contributed by atoms with Crippen LogP contribution in [0.2, 0.25) is 0 Å². The highest BCUT2D eigenvalue weighted by molar-refractivity contribution is 7.86. The zero-order valence-electron chi connectivity index (χ0n) is 7.57. The van der Waals surface area contributed by atoms with Crippen LogP contribution < -0.4 is 0 Å². The minimum absolute atomic E-state index is 0.216. The second kappa shape index (κ2) is 4.04. The molecule has 0 aromatic heterocycles. The summed E-state index contributed by atoms with van der Waals surface area (Å²) < 4.78 is 46.1. The van der Waals surface area contributed by atoms with E-state index in [-0.39, 0.29) is 5.56 Å². The molecule has 0 aliphatic carbocycles. The fourth-order valence-electron chi connectivity index (χ4n) is 1.26. The lowest BCUT2D eigenvalue weighted by Gasteiger charge is -2.09. The molecule has 1 atom stereocenters. The maximum atomic E-state index is 13.1. The molecule has 1 unspecified atom stereocenters. The van der Waals surface area contributed by atoms with E-state index in [0.717, 1.165) is 0 Å². The first-order valence-electron chi connectivity index (χ1n) is 4.07. The molecule has 0 saturated heterocycles. The Morgan fingerprint density at radius 3 is 2.43 bits per heavy atom. The zero-order valence-corrected chi connectivity index (χ0v) is 8.39. The van der Waals surface area contributed by atoms with E-state index in [1.165, 1.54) is 25.1 Å². The summed E-state index contributed by atoms with van der Waals surface area (Å²) in [5.41, 5.74) is 0.216. The number of halogens is 2. The lowest BCUT2D eigenvalue weighted by Crippen LogP contribution is -2.09. The number of rotatable bonds is 3. The standard InChI is InChI=1S/C9H10F2O2S/c1-7(6-14(11,12)13)8-4-2-3-5-9(8)10/h2-5,7H,6H2,1H3. The van der Waals surface area contributed by atoms with Gasteiger partial charge in [-0.2, -0.15) is 8.42 Å². The fourth-order valence-corrected chi connectivity index (χ4v) is 2.04. The van der Waals surface area contributed by atoms with Gasteiger partial charge in [0, 0.05) is 5.92 Å². The lowest BCUT2D eigenvalue weighted by molar-refractivity contribution is 0.542. The van der Waals surface area contributed by atoms with Gasteiger partial charge in [0.05, 0.1) is 5.75 Å². The minimum Gasteiger partial charge on any atom is -0.207 e. The molecular formula is C9H10F2O2S. The Morgan fingerprint density at radius 1 is 1.36 bits per heavy atom. The molecule has 2 nitrogen and oxygen atoms in total. The fraction of sp³-hybridized carbons (Fsp3) is 0.333. The van der Waals surface area contributed by atoms with Gasteiger partial charge in [-0.25, -0.2) is 4.39 Å². The van der Waals surface area contributed by atoms with E-state index in [0.29, 0.717) is 0 Å². The van der Waals surface area contributed by atoms with Crippen molar-refractivity contribution in [2.45, 2.75) is 12.8 Å². The van der Waals surface area contributed by atoms with Crippen molar-refractivity contribution in [3.8, 4) is 0 Å². The highest BCUT2D eigenvalue weighted by atomic mass is 32.3. The molecule has 1 aromatic carbocycles. The van der Waals surface area contributed by atoms with Crippen molar-refractivity contribution >= 4 is 10.2 Å². The maximum Gasteiger partial charge on any atom is 0.303 e. The summed E-state index contributed by atoms with van der Waals surface area (Å²) in [6, 6.07) is 5.75. The van der Waals surface area contributed by atoms with Crippen molar-refractivity contribution < 1.29 is 16.7 Å². The minimum atomic E-state index is -4.55. The Morgan fingerprint density at radius 2 is 1.93 bits per heavy atom. The largest absolute Gasteiger partial charge is 0.303 e. The Labute approximate surface area is 81.8 Å². The van der Waals surface area contributed by atoms with E-state index in [2.05, 4.69) is 0 Å². The second-order valence-corrected chi connectivity index (χ2v) is 4.54. The molecule has 0 fully saturated rings. The number of hydrogen-bond donors (Lipinski definition) is 0. The summed E-state index contributed by atoms with van der Waals surface area (Å²) in [7, 11) is -4.55. The normalized spacial score (nSPS) is 13.9. The third-order valence-electron chi connectivity index (χ3n) is 1.89. The van der Waals surface area contributed by atoms with Crippen LogP contribution in [0.25, 0.3) is 0 Å². The first kappa shape index (κ1) is 11.1. The van der Waals surface area contributed by atoms with Gasteiger partial charge >= 0.3 is 10.2 Å². The Balaban J connectivity index is 2.90. The number of hydrogen-bond acceptors (Lipinski definition) is 2. The topological polar surface area (TPSA) is 34.1 Å². The quantitative estimate of drug-likeness (QED) is 0.732. The zero-order chi connectivity index (χ0) is 10.8. The molecule has 1 aromatic rings. The average molecular weight is 220 g/mol. The van der Waals surface area contributed by atoms with Crippen LogP contribution >= 0.6 is 0 Å². The molecule has 0 N–H and O–H groups in total. The number of benzene rings is 1. The molecule has 5 heteroatoms. The smallest absolute Gasteiger partial charge is 0.207 e. The molecule has 0 aliphatic rings. The Kier molecular flexibility index (Phi) is 3.21. The van der Waals surface area contributed by atoms with Gasteiger partial charge in [-0.1, -0.05) is 25.1 Å². The van der Waals surface area contributed by atoms with E-state index in [4.69, 9.17) is 0 Å². The van der Waals surface area contributed by atoms with Gasteiger partial charge in [-0.3, -0.25) is 0 Å². The average Bonchev–Trinajstić information content (AvgIpc) is 2.01. The summed E-state index contributed by atoms with van der Waals surface area (Å²) in [5.74, 6) is -1.87. The molecule has 0 amide bonds. The lowest BCUT2D eigenvalue weighted by atomic mass is 10.0. The van der Waals surface area contributed by atoms with Crippen LogP contribution in [0.1, 0.15) is 18.4 Å². The van der Waals surface area contributed by atoms with Crippen LogP contribution in [0, 0.1) is 5.82 Å². The van der Waals surface area contributed by atoms with Gasteiger partial charge in [0.1, 0.15) is 5.82 Å². The predicted octanol–water partition coefficient (Wildman–Crippen LogP) is 2.23. The van der Waals surface area contributed by atoms with E-state index >= 15 is 0 Å². The molecule has 0 aliphatic heterocycles. The first-order chi connectivity index (χ1) is 6.40. The summed E-state index contributed by atoms with van der Waals surface area (Å²) in [4.78, 5) is 0. The third-order valence-corrected chi connectivity index (χ3v) is 2.78. The van der Waals surface area contributed by atoms with Crippen LogP contribution in [0.4, 0.5) is 8.28 Å². The molecule has 0 heterocycles. The highest BCUT2D eigenvalue weighted by Gasteiger charge is 2.18. The van der Waals surface area contributed by atoms with Crippen molar-refractivity contribution in [1.29, 1.82) is 0 Å². The summed E-state index contributed by atoms with van der Waals surface area (Å²) in [6.45, 7) is 1.47. The van der Waals surface area contributed by atoms with Crippen molar-refractivity contribution in [1.82, 2.24) is 0 Å². The third kappa shape index (κ3) is 3.06. The van der Waals surface area contributed by atoms with Crippen LogP contribution in [0.3, 0.4) is 0 Å². The highest BCUT2D eigenvalue weighted by Crippen LogP contribution is 2.20. The molecule has 0 spiro atoms. The van der Waals surface area contributed by atoms with Crippen molar-refractivity contribution in [2.24, 2.45) is 0 Å². The van der Waals surface area contributed by atoms with Gasteiger partial charge in [-0.05, 0) is 11.6 Å². The molecule has 0 saturated carbocycles. The summed E-state index contributed by atoms with van der Waals surface area (Å²) >= 11 is 0. The summed E-state index contributed by atoms with van der Waals surface area (Å²) in [6.07, 6.45) is 0. The van der Waals surface area contributed by atoms with E-state index in [1.54, 1.807) is 6.07 Å². The monoisotopic (exact) mass is 220 g/mol. The van der Waals surface area contributed by atoms with Gasteiger partial charge in [0.15, 0.2) is 0 Å². The molecule has 0 radical (unpaired) electrons. The van der Waals surface area contributed by atoms with Crippen LogP contribution in [-0.4, -0.2) is 14.2 Å². The molecule has 78 valence electrons. The van der Waals surface area contributed by atoms with Gasteiger partial charge in [0.2, 0.25) is 0 Å². The predicted molar refractivity (Wildman–Crippen MR) is 49.7 cm³/mol. The van der Waals surface area contributed by atoms with Gasteiger partial charge in [0.25, 0.3) is 0 Å². The van der Waals surface area contributed by atoms with Gasteiger partial charge in [-0.15, -0.1) is 3.89 Å². The van der Waals surface area contributed by atoms with E-state index < -0.39 is 27.7 Å². The van der Waals surface area contributed by atoms with Gasteiger partial charge < -0.3 is 0 Å². The van der Waals surface area contributed by atoms with Crippen LogP contribution in [0.15, 0.2) is 24.3 Å². The summed E-state index contributed by atoms with van der Waals surface area (Å²) in [5, 5.41) is 0. The Bertz CT molecular complexity index is 415. The van der Waals surface area contributed by atoms with E-state index in [9.17, 15) is 16.7 Å². The molecule has 1 rings (SSSR count). The van der Waals surface area contributed by atoms with Crippen molar-refractivity contribution in [2.75, 3.05) is 5.75 Å². The maximum absolute atomic E-state index is 13.1. The first-order valence-corrected chi connectivity index (χ1v) is 5.62.